The number of carbonyl (C=O) groups is 4. The SMILES string of the molecule is CCCCCCCCCCCCCCCCCCCCCCC(=O)O[C@H](COC(=O)CCCCCCCCCCCCCCCC(C)C)COP(=O)(O)OC[C@@H](O)COP(=O)(O)OC[C@@H](COC(=O)CCCCCCC)OC(=O)CCCCCCCCCCCCCC(C)C. The molecule has 0 bridgehead atoms. The number of hydrogen-bond donors (Lipinski definition) is 3. The molecule has 0 aromatic rings. The highest BCUT2D eigenvalue weighted by atomic mass is 31.2. The first kappa shape index (κ1) is 93.1. The van der Waals surface area contributed by atoms with Gasteiger partial charge in [-0.05, 0) is 37.5 Å². The molecule has 0 aliphatic carbocycles. The molecule has 17 nitrogen and oxygen atoms in total. The van der Waals surface area contributed by atoms with Gasteiger partial charge in [-0.3, -0.25) is 37.3 Å². The number of hydrogen-bond acceptors (Lipinski definition) is 15. The molecule has 19 heteroatoms. The van der Waals surface area contributed by atoms with Crippen molar-refractivity contribution in [3.05, 3.63) is 0 Å². The zero-order valence-electron chi connectivity index (χ0n) is 62.0. The van der Waals surface area contributed by atoms with Crippen molar-refractivity contribution in [3.8, 4) is 0 Å². The highest BCUT2D eigenvalue weighted by molar-refractivity contribution is 7.47. The van der Waals surface area contributed by atoms with Gasteiger partial charge >= 0.3 is 39.5 Å². The van der Waals surface area contributed by atoms with Gasteiger partial charge in [0.15, 0.2) is 12.2 Å². The van der Waals surface area contributed by atoms with E-state index >= 15 is 0 Å². The number of phosphoric ester groups is 2. The molecular weight excluding hydrogens is 1250 g/mol. The fourth-order valence-electron chi connectivity index (χ4n) is 11.7. The number of ether oxygens (including phenoxy) is 4. The van der Waals surface area contributed by atoms with Crippen LogP contribution < -0.4 is 0 Å². The van der Waals surface area contributed by atoms with Crippen molar-refractivity contribution >= 4 is 39.5 Å². The second-order valence-corrected chi connectivity index (χ2v) is 31.3. The molecule has 0 spiro atoms. The van der Waals surface area contributed by atoms with E-state index in [9.17, 15) is 43.2 Å². The summed E-state index contributed by atoms with van der Waals surface area (Å²) in [5, 5.41) is 10.6. The third-order valence-corrected chi connectivity index (χ3v) is 19.6. The summed E-state index contributed by atoms with van der Waals surface area (Å²) in [6, 6.07) is 0. The summed E-state index contributed by atoms with van der Waals surface area (Å²) in [6.45, 7) is 9.52. The Bertz CT molecular complexity index is 1840. The van der Waals surface area contributed by atoms with Crippen molar-refractivity contribution in [2.45, 2.75) is 413 Å². The second kappa shape index (κ2) is 67.9. The van der Waals surface area contributed by atoms with Crippen molar-refractivity contribution in [3.63, 3.8) is 0 Å². The fraction of sp³-hybridized carbons (Fsp3) is 0.947. The van der Waals surface area contributed by atoms with Gasteiger partial charge < -0.3 is 33.8 Å². The zero-order chi connectivity index (χ0) is 70.0. The Kier molecular flexibility index (Phi) is 66.5. The number of esters is 4. The molecule has 0 aromatic heterocycles. The lowest BCUT2D eigenvalue weighted by Crippen LogP contribution is -2.30. The second-order valence-electron chi connectivity index (χ2n) is 28.3. The summed E-state index contributed by atoms with van der Waals surface area (Å²) < 4.78 is 68.3. The lowest BCUT2D eigenvalue weighted by molar-refractivity contribution is -0.161. The topological polar surface area (TPSA) is 237 Å². The molecule has 0 aliphatic heterocycles. The highest BCUT2D eigenvalue weighted by Crippen LogP contribution is 2.45. The molecular formula is C76H148O17P2. The molecule has 0 heterocycles. The van der Waals surface area contributed by atoms with Crippen LogP contribution in [0, 0.1) is 11.8 Å². The third kappa shape index (κ3) is 70.3. The zero-order valence-corrected chi connectivity index (χ0v) is 63.8. The normalized spacial score (nSPS) is 14.0. The Balaban J connectivity index is 5.13. The van der Waals surface area contributed by atoms with Gasteiger partial charge in [-0.25, -0.2) is 9.13 Å². The van der Waals surface area contributed by atoms with Gasteiger partial charge in [-0.2, -0.15) is 0 Å². The number of phosphoric acid groups is 2. The lowest BCUT2D eigenvalue weighted by Gasteiger charge is -2.21. The number of rotatable bonds is 75. The van der Waals surface area contributed by atoms with Gasteiger partial charge in [-0.15, -0.1) is 0 Å². The first-order chi connectivity index (χ1) is 45.9. The van der Waals surface area contributed by atoms with Crippen molar-refractivity contribution in [2.75, 3.05) is 39.6 Å². The molecule has 0 aliphatic rings. The van der Waals surface area contributed by atoms with Crippen LogP contribution in [-0.2, 0) is 65.4 Å². The number of aliphatic hydroxyl groups is 1. The molecule has 2 unspecified atom stereocenters. The van der Waals surface area contributed by atoms with Crippen LogP contribution in [0.4, 0.5) is 0 Å². The van der Waals surface area contributed by atoms with Crippen LogP contribution in [0.25, 0.3) is 0 Å². The quantitative estimate of drug-likeness (QED) is 0.0222. The minimum absolute atomic E-state index is 0.106. The summed E-state index contributed by atoms with van der Waals surface area (Å²) >= 11 is 0. The summed E-state index contributed by atoms with van der Waals surface area (Å²) in [7, 11) is -9.90. The van der Waals surface area contributed by atoms with Crippen LogP contribution in [-0.4, -0.2) is 96.7 Å². The Hall–Kier alpha value is -1.94. The summed E-state index contributed by atoms with van der Waals surface area (Å²) in [5.41, 5.74) is 0. The first-order valence-corrected chi connectivity index (χ1v) is 42.5. The van der Waals surface area contributed by atoms with E-state index in [0.29, 0.717) is 25.7 Å². The molecule has 5 atom stereocenters. The van der Waals surface area contributed by atoms with Crippen LogP contribution in [0.5, 0.6) is 0 Å². The van der Waals surface area contributed by atoms with Crippen molar-refractivity contribution in [2.24, 2.45) is 11.8 Å². The molecule has 0 saturated heterocycles. The molecule has 0 radical (unpaired) electrons. The Labute approximate surface area is 581 Å². The minimum Gasteiger partial charge on any atom is -0.462 e. The van der Waals surface area contributed by atoms with Gasteiger partial charge in [0.05, 0.1) is 26.4 Å². The summed E-state index contributed by atoms with van der Waals surface area (Å²) in [4.78, 5) is 72.5. The van der Waals surface area contributed by atoms with E-state index < -0.39 is 97.5 Å². The van der Waals surface area contributed by atoms with Gasteiger partial charge in [0.1, 0.15) is 19.3 Å². The summed E-state index contributed by atoms with van der Waals surface area (Å²) in [6.07, 6.45) is 56.0. The maximum absolute atomic E-state index is 13.1. The molecule has 564 valence electrons. The van der Waals surface area contributed by atoms with Gasteiger partial charge in [0.2, 0.25) is 0 Å². The smallest absolute Gasteiger partial charge is 0.462 e. The molecule has 0 aromatic carbocycles. The largest absolute Gasteiger partial charge is 0.472 e. The van der Waals surface area contributed by atoms with Crippen LogP contribution >= 0.6 is 15.6 Å². The Morgan fingerprint density at radius 3 is 0.716 bits per heavy atom. The van der Waals surface area contributed by atoms with Crippen LogP contribution in [0.1, 0.15) is 395 Å². The van der Waals surface area contributed by atoms with Crippen molar-refractivity contribution in [1.82, 2.24) is 0 Å². The molecule has 0 rings (SSSR count). The van der Waals surface area contributed by atoms with E-state index in [1.807, 2.05) is 0 Å². The average Bonchev–Trinajstić information content (AvgIpc) is 1.99. The standard InChI is InChI=1S/C76H148O17P2/c1-7-9-11-13-14-15-16-17-18-19-20-21-22-23-26-32-37-42-48-54-60-76(81)93-72(65-87-74(79)59-53-47-41-36-31-27-24-25-29-34-39-45-50-56-68(3)4)67-91-95(84,85)89-63-70(77)62-88-94(82,83)90-66-71(64-86-73(78)58-52-44-12-10-8-2)92-75(80)61-55-49-43-38-33-28-30-35-40-46-51-57-69(5)6/h68-72,77H,7-67H2,1-6H3,(H,82,83)(H,84,85)/t70-,71+,72+/m0/s1. The van der Waals surface area contributed by atoms with Crippen LogP contribution in [0.15, 0.2) is 0 Å². The Morgan fingerprint density at radius 2 is 0.484 bits per heavy atom. The Morgan fingerprint density at radius 1 is 0.284 bits per heavy atom. The van der Waals surface area contributed by atoms with E-state index in [1.54, 1.807) is 0 Å². The minimum atomic E-state index is -4.96. The molecule has 0 saturated carbocycles. The van der Waals surface area contributed by atoms with E-state index in [1.165, 1.54) is 205 Å². The first-order valence-electron chi connectivity index (χ1n) is 39.5. The molecule has 0 amide bonds. The van der Waals surface area contributed by atoms with E-state index in [0.717, 1.165) is 108 Å². The van der Waals surface area contributed by atoms with E-state index in [2.05, 4.69) is 41.5 Å². The van der Waals surface area contributed by atoms with E-state index in [-0.39, 0.29) is 25.7 Å². The molecule has 0 fully saturated rings. The number of aliphatic hydroxyl groups excluding tert-OH is 1. The van der Waals surface area contributed by atoms with Gasteiger partial charge in [0.25, 0.3) is 0 Å². The van der Waals surface area contributed by atoms with Crippen LogP contribution in [0.3, 0.4) is 0 Å². The maximum Gasteiger partial charge on any atom is 0.472 e. The molecule has 3 N–H and O–H groups in total. The van der Waals surface area contributed by atoms with Gasteiger partial charge in [0, 0.05) is 25.7 Å². The average molecular weight is 1400 g/mol. The fourth-order valence-corrected chi connectivity index (χ4v) is 13.2. The van der Waals surface area contributed by atoms with E-state index in [4.69, 9.17) is 37.0 Å². The highest BCUT2D eigenvalue weighted by Gasteiger charge is 2.30. The molecule has 95 heavy (non-hydrogen) atoms. The van der Waals surface area contributed by atoms with Gasteiger partial charge in [-0.1, -0.05) is 343 Å². The predicted molar refractivity (Wildman–Crippen MR) is 386 cm³/mol. The van der Waals surface area contributed by atoms with Crippen LogP contribution in [0.2, 0.25) is 0 Å². The number of carbonyl (C=O) groups excluding carboxylic acids is 4. The maximum atomic E-state index is 13.1. The lowest BCUT2D eigenvalue weighted by atomic mass is 10.0. The summed E-state index contributed by atoms with van der Waals surface area (Å²) in [5.74, 6) is -0.570. The van der Waals surface area contributed by atoms with Crippen molar-refractivity contribution < 1.29 is 80.2 Å². The predicted octanol–water partition coefficient (Wildman–Crippen LogP) is 22.3. The monoisotopic (exact) mass is 1400 g/mol. The van der Waals surface area contributed by atoms with Crippen molar-refractivity contribution in [1.29, 1.82) is 0 Å². The third-order valence-electron chi connectivity index (χ3n) is 17.7. The number of unbranched alkanes of at least 4 members (excludes halogenated alkanes) is 45.